The van der Waals surface area contributed by atoms with Crippen molar-refractivity contribution >= 4 is 17.4 Å². The van der Waals surface area contributed by atoms with Crippen LogP contribution in [0.2, 0.25) is 0 Å². The van der Waals surface area contributed by atoms with Crippen molar-refractivity contribution in [2.45, 2.75) is 36.8 Å². The van der Waals surface area contributed by atoms with E-state index in [1.165, 1.54) is 36.2 Å². The molecule has 162 valence electrons. The van der Waals surface area contributed by atoms with Crippen LogP contribution in [0.3, 0.4) is 0 Å². The maximum atomic E-state index is 11.2. The normalized spacial score (nSPS) is 14.1. The number of aromatic nitrogens is 3. The maximum absolute atomic E-state index is 11.2. The van der Waals surface area contributed by atoms with E-state index in [0.717, 1.165) is 36.2 Å². The molecule has 0 bridgehead atoms. The highest BCUT2D eigenvalue weighted by Crippen LogP contribution is 2.31. The molecule has 1 aliphatic heterocycles. The zero-order valence-corrected chi connectivity index (χ0v) is 18.3. The van der Waals surface area contributed by atoms with E-state index in [0.29, 0.717) is 18.0 Å². The van der Waals surface area contributed by atoms with Gasteiger partial charge in [0.1, 0.15) is 11.6 Å². The van der Waals surface area contributed by atoms with Crippen molar-refractivity contribution < 1.29 is 9.66 Å². The largest absolute Gasteiger partial charge is 0.496 e. The second-order valence-corrected chi connectivity index (χ2v) is 8.44. The zero-order chi connectivity index (χ0) is 21.6. The van der Waals surface area contributed by atoms with Gasteiger partial charge in [0.2, 0.25) is 0 Å². The molecule has 0 radical (unpaired) electrons. The highest BCUT2D eigenvalue weighted by molar-refractivity contribution is 7.98. The molecule has 0 N–H and O–H groups in total. The number of hydrogen-bond acceptors (Lipinski definition) is 7. The third kappa shape index (κ3) is 5.23. The molecule has 3 aromatic rings. The molecule has 0 saturated carbocycles. The average molecular weight is 440 g/mol. The number of nitro benzene ring substituents is 1. The van der Waals surface area contributed by atoms with Crippen LogP contribution in [-0.2, 0) is 18.8 Å². The van der Waals surface area contributed by atoms with Gasteiger partial charge in [0.05, 0.1) is 25.1 Å². The van der Waals surface area contributed by atoms with E-state index in [2.05, 4.69) is 31.8 Å². The molecule has 0 unspecified atom stereocenters. The molecule has 1 aliphatic rings. The standard InChI is InChI=1S/C22H25N5O3S/c1-30-20-10-9-19(27(28)29)13-18(20)16-31-22-24-23-21(15-25-11-5-6-12-25)26(22)14-17-7-3-2-4-8-17/h2-4,7-10,13H,5-6,11-12,14-16H2,1H3. The van der Waals surface area contributed by atoms with E-state index in [1.807, 2.05) is 18.2 Å². The van der Waals surface area contributed by atoms with Crippen molar-refractivity contribution in [3.8, 4) is 5.75 Å². The van der Waals surface area contributed by atoms with Crippen molar-refractivity contribution in [3.63, 3.8) is 0 Å². The smallest absolute Gasteiger partial charge is 0.270 e. The summed E-state index contributed by atoms with van der Waals surface area (Å²) in [6.45, 7) is 3.64. The summed E-state index contributed by atoms with van der Waals surface area (Å²) in [5.41, 5.74) is 1.99. The van der Waals surface area contributed by atoms with Crippen molar-refractivity contribution in [2.75, 3.05) is 20.2 Å². The fraction of sp³-hybridized carbons (Fsp3) is 0.364. The first-order valence-corrected chi connectivity index (χ1v) is 11.2. The minimum absolute atomic E-state index is 0.0527. The Morgan fingerprint density at radius 2 is 1.87 bits per heavy atom. The van der Waals surface area contributed by atoms with Crippen LogP contribution in [-0.4, -0.2) is 44.8 Å². The summed E-state index contributed by atoms with van der Waals surface area (Å²) < 4.78 is 7.56. The first-order valence-electron chi connectivity index (χ1n) is 10.3. The Labute approximate surface area is 185 Å². The number of thioether (sulfide) groups is 1. The van der Waals surface area contributed by atoms with Crippen LogP contribution >= 0.6 is 11.8 Å². The molecule has 0 amide bonds. The second-order valence-electron chi connectivity index (χ2n) is 7.50. The van der Waals surface area contributed by atoms with Gasteiger partial charge in [0.15, 0.2) is 5.16 Å². The minimum Gasteiger partial charge on any atom is -0.496 e. The van der Waals surface area contributed by atoms with Crippen LogP contribution < -0.4 is 4.74 Å². The first kappa shape index (κ1) is 21.3. The van der Waals surface area contributed by atoms with Gasteiger partial charge in [-0.25, -0.2) is 0 Å². The number of hydrogen-bond donors (Lipinski definition) is 0. The highest BCUT2D eigenvalue weighted by Gasteiger charge is 2.19. The van der Waals surface area contributed by atoms with E-state index in [1.54, 1.807) is 19.2 Å². The third-order valence-electron chi connectivity index (χ3n) is 5.37. The molecular weight excluding hydrogens is 414 g/mol. The fourth-order valence-corrected chi connectivity index (χ4v) is 4.68. The van der Waals surface area contributed by atoms with E-state index in [9.17, 15) is 10.1 Å². The Kier molecular flexibility index (Phi) is 6.83. The monoisotopic (exact) mass is 439 g/mol. The zero-order valence-electron chi connectivity index (χ0n) is 17.4. The lowest BCUT2D eigenvalue weighted by Gasteiger charge is -2.16. The number of non-ortho nitro benzene ring substituents is 1. The first-order chi connectivity index (χ1) is 15.1. The van der Waals surface area contributed by atoms with Gasteiger partial charge in [-0.1, -0.05) is 42.1 Å². The van der Waals surface area contributed by atoms with Gasteiger partial charge in [0.25, 0.3) is 5.69 Å². The van der Waals surface area contributed by atoms with Gasteiger partial charge in [-0.15, -0.1) is 10.2 Å². The number of nitrogens with zero attached hydrogens (tertiary/aromatic N) is 5. The van der Waals surface area contributed by atoms with Crippen LogP contribution in [0.15, 0.2) is 53.7 Å². The van der Waals surface area contributed by atoms with Crippen molar-refractivity contribution in [3.05, 3.63) is 75.6 Å². The predicted octanol–water partition coefficient (Wildman–Crippen LogP) is 4.13. The number of likely N-dealkylation sites (tertiary alicyclic amines) is 1. The summed E-state index contributed by atoms with van der Waals surface area (Å²) >= 11 is 1.52. The number of ether oxygens (including phenoxy) is 1. The molecule has 1 fully saturated rings. The Balaban J connectivity index is 1.58. The van der Waals surface area contributed by atoms with Gasteiger partial charge >= 0.3 is 0 Å². The van der Waals surface area contributed by atoms with E-state index < -0.39 is 0 Å². The summed E-state index contributed by atoms with van der Waals surface area (Å²) in [4.78, 5) is 13.2. The van der Waals surface area contributed by atoms with Crippen molar-refractivity contribution in [2.24, 2.45) is 0 Å². The fourth-order valence-electron chi connectivity index (χ4n) is 3.74. The number of benzene rings is 2. The van der Waals surface area contributed by atoms with E-state index in [-0.39, 0.29) is 10.6 Å². The van der Waals surface area contributed by atoms with Gasteiger partial charge in [-0.2, -0.15) is 0 Å². The lowest BCUT2D eigenvalue weighted by molar-refractivity contribution is -0.384. The number of rotatable bonds is 9. The van der Waals surface area contributed by atoms with Gasteiger partial charge in [-0.05, 0) is 37.6 Å². The lowest BCUT2D eigenvalue weighted by Crippen LogP contribution is -2.21. The molecule has 9 heteroatoms. The molecule has 2 aromatic carbocycles. The topological polar surface area (TPSA) is 86.3 Å². The lowest BCUT2D eigenvalue weighted by atomic mass is 10.2. The van der Waals surface area contributed by atoms with Crippen LogP contribution in [0.25, 0.3) is 0 Å². The van der Waals surface area contributed by atoms with E-state index in [4.69, 9.17) is 4.74 Å². The molecule has 1 saturated heterocycles. The van der Waals surface area contributed by atoms with Gasteiger partial charge in [-0.3, -0.25) is 15.0 Å². The maximum Gasteiger partial charge on any atom is 0.270 e. The number of methoxy groups -OCH3 is 1. The Morgan fingerprint density at radius 3 is 2.58 bits per heavy atom. The Morgan fingerprint density at radius 1 is 1.10 bits per heavy atom. The van der Waals surface area contributed by atoms with Crippen LogP contribution in [0.1, 0.15) is 29.8 Å². The number of nitro groups is 1. The summed E-state index contributed by atoms with van der Waals surface area (Å²) in [7, 11) is 1.57. The summed E-state index contributed by atoms with van der Waals surface area (Å²) in [6.07, 6.45) is 2.45. The van der Waals surface area contributed by atoms with Gasteiger partial charge in [0, 0.05) is 23.4 Å². The predicted molar refractivity (Wildman–Crippen MR) is 119 cm³/mol. The molecule has 2 heterocycles. The average Bonchev–Trinajstić information content (AvgIpc) is 3.43. The van der Waals surface area contributed by atoms with Crippen molar-refractivity contribution in [1.82, 2.24) is 19.7 Å². The second kappa shape index (κ2) is 9.93. The van der Waals surface area contributed by atoms with Crippen LogP contribution in [0.5, 0.6) is 5.75 Å². The molecular formula is C22H25N5O3S. The minimum atomic E-state index is -0.389. The SMILES string of the molecule is COc1ccc([N+](=O)[O-])cc1CSc1nnc(CN2CCCC2)n1Cc1ccccc1. The molecule has 4 rings (SSSR count). The molecule has 31 heavy (non-hydrogen) atoms. The quantitative estimate of drug-likeness (QED) is 0.281. The van der Waals surface area contributed by atoms with Crippen LogP contribution in [0, 0.1) is 10.1 Å². The van der Waals surface area contributed by atoms with Gasteiger partial charge < -0.3 is 9.30 Å². The molecule has 0 aliphatic carbocycles. The van der Waals surface area contributed by atoms with Crippen molar-refractivity contribution in [1.29, 1.82) is 0 Å². The summed E-state index contributed by atoms with van der Waals surface area (Å²) in [6, 6.07) is 14.9. The highest BCUT2D eigenvalue weighted by atomic mass is 32.2. The molecule has 0 spiro atoms. The van der Waals surface area contributed by atoms with E-state index >= 15 is 0 Å². The molecule has 0 atom stereocenters. The third-order valence-corrected chi connectivity index (χ3v) is 6.39. The summed E-state index contributed by atoms with van der Waals surface area (Å²) in [5, 5.41) is 20.9. The Hall–Kier alpha value is -2.91. The molecule has 8 nitrogen and oxygen atoms in total. The summed E-state index contributed by atoms with van der Waals surface area (Å²) in [5.74, 6) is 2.07. The Bertz CT molecular complexity index is 1030. The molecule has 1 aromatic heterocycles. The van der Waals surface area contributed by atoms with Crippen LogP contribution in [0.4, 0.5) is 5.69 Å².